The Morgan fingerprint density at radius 1 is 1.25 bits per heavy atom. The van der Waals surface area contributed by atoms with Crippen LogP contribution < -0.4 is 10.9 Å². The fourth-order valence-electron chi connectivity index (χ4n) is 4.25. The molecule has 1 aromatic carbocycles. The van der Waals surface area contributed by atoms with Crippen LogP contribution in [0.5, 0.6) is 0 Å². The van der Waals surface area contributed by atoms with Gasteiger partial charge in [0.25, 0.3) is 5.56 Å². The van der Waals surface area contributed by atoms with Crippen molar-refractivity contribution in [3.8, 4) is 0 Å². The molecule has 176 valence electrons. The molecular weight excluding hydrogens is 420 g/mol. The Balaban J connectivity index is 1.71. The summed E-state index contributed by atoms with van der Waals surface area (Å²) in [5.41, 5.74) is 2.82. The molecule has 1 aliphatic heterocycles. The number of aromatic nitrogens is 1. The predicted octanol–water partition coefficient (Wildman–Crippen LogP) is 3.68. The molecule has 2 N–H and O–H groups in total. The highest BCUT2D eigenvalue weighted by Gasteiger charge is 2.22. The van der Waals surface area contributed by atoms with Gasteiger partial charge in [-0.3, -0.25) is 4.79 Å². The largest absolute Gasteiger partial charge is 0.376 e. The lowest BCUT2D eigenvalue weighted by Gasteiger charge is -2.28. The summed E-state index contributed by atoms with van der Waals surface area (Å²) >= 11 is 5.76. The van der Waals surface area contributed by atoms with Crippen LogP contribution in [0.2, 0.25) is 0 Å². The fraction of sp³-hybridized carbons (Fsp3) is 0.600. The van der Waals surface area contributed by atoms with Crippen LogP contribution in [-0.4, -0.2) is 65.3 Å². The van der Waals surface area contributed by atoms with Crippen molar-refractivity contribution >= 4 is 28.2 Å². The van der Waals surface area contributed by atoms with E-state index in [1.165, 1.54) is 5.56 Å². The molecule has 1 aromatic heterocycles. The van der Waals surface area contributed by atoms with E-state index in [9.17, 15) is 4.79 Å². The number of ether oxygens (including phenoxy) is 1. The van der Waals surface area contributed by atoms with E-state index >= 15 is 0 Å². The number of aryl methyl sites for hydroxylation is 1. The highest BCUT2D eigenvalue weighted by Crippen LogP contribution is 2.17. The lowest BCUT2D eigenvalue weighted by molar-refractivity contribution is 0.0896. The quantitative estimate of drug-likeness (QED) is 0.396. The van der Waals surface area contributed by atoms with Crippen molar-refractivity contribution in [2.45, 2.75) is 59.1 Å². The summed E-state index contributed by atoms with van der Waals surface area (Å²) in [4.78, 5) is 20.4. The Morgan fingerprint density at radius 3 is 2.75 bits per heavy atom. The van der Waals surface area contributed by atoms with Crippen LogP contribution in [0, 0.1) is 0 Å². The molecule has 7 heteroatoms. The van der Waals surface area contributed by atoms with Gasteiger partial charge < -0.3 is 24.8 Å². The molecule has 2 aromatic rings. The van der Waals surface area contributed by atoms with E-state index < -0.39 is 0 Å². The molecule has 0 saturated carbocycles. The minimum atomic E-state index is -0.0524. The second-order valence-corrected chi connectivity index (χ2v) is 8.91. The maximum Gasteiger partial charge on any atom is 0.253 e. The Morgan fingerprint density at radius 2 is 2.06 bits per heavy atom. The summed E-state index contributed by atoms with van der Waals surface area (Å²) in [6, 6.07) is 8.23. The van der Waals surface area contributed by atoms with Crippen molar-refractivity contribution in [3.63, 3.8) is 0 Å². The number of aromatic amines is 1. The molecule has 0 unspecified atom stereocenters. The number of pyridine rings is 1. The average molecular weight is 459 g/mol. The van der Waals surface area contributed by atoms with Crippen LogP contribution in [-0.2, 0) is 17.7 Å². The summed E-state index contributed by atoms with van der Waals surface area (Å²) in [6.07, 6.45) is 4.29. The fourth-order valence-corrected chi connectivity index (χ4v) is 4.49. The predicted molar refractivity (Wildman–Crippen MR) is 136 cm³/mol. The molecule has 1 atom stereocenters. The Bertz CT molecular complexity index is 935. The van der Waals surface area contributed by atoms with Gasteiger partial charge in [0.1, 0.15) is 0 Å². The van der Waals surface area contributed by atoms with Gasteiger partial charge in [0.05, 0.1) is 12.6 Å². The van der Waals surface area contributed by atoms with E-state index in [1.807, 2.05) is 12.1 Å². The van der Waals surface area contributed by atoms with E-state index in [1.54, 1.807) is 0 Å². The van der Waals surface area contributed by atoms with Crippen molar-refractivity contribution in [1.82, 2.24) is 20.1 Å². The highest BCUT2D eigenvalue weighted by molar-refractivity contribution is 7.80. The zero-order valence-corrected chi connectivity index (χ0v) is 20.6. The first kappa shape index (κ1) is 24.7. The zero-order chi connectivity index (χ0) is 22.9. The van der Waals surface area contributed by atoms with E-state index in [-0.39, 0.29) is 11.7 Å². The average Bonchev–Trinajstić information content (AvgIpc) is 3.32. The third-order valence-corrected chi connectivity index (χ3v) is 6.71. The van der Waals surface area contributed by atoms with Crippen molar-refractivity contribution in [2.24, 2.45) is 0 Å². The molecular formula is C25H38N4O2S. The number of nitrogens with zero attached hydrogens (tertiary/aromatic N) is 2. The first-order valence-electron chi connectivity index (χ1n) is 12.1. The summed E-state index contributed by atoms with van der Waals surface area (Å²) in [5.74, 6) is 0. The number of nitrogens with one attached hydrogen (secondary N) is 2. The van der Waals surface area contributed by atoms with Crippen LogP contribution >= 0.6 is 12.2 Å². The van der Waals surface area contributed by atoms with E-state index in [4.69, 9.17) is 17.0 Å². The summed E-state index contributed by atoms with van der Waals surface area (Å²) in [6.45, 7) is 12.5. The Kier molecular flexibility index (Phi) is 9.51. The van der Waals surface area contributed by atoms with Crippen LogP contribution in [0.15, 0.2) is 29.1 Å². The van der Waals surface area contributed by atoms with Gasteiger partial charge >= 0.3 is 0 Å². The first-order valence-corrected chi connectivity index (χ1v) is 12.5. The van der Waals surface area contributed by atoms with Gasteiger partial charge in [-0.2, -0.15) is 0 Å². The Labute approximate surface area is 197 Å². The van der Waals surface area contributed by atoms with Crippen LogP contribution in [0.1, 0.15) is 51.2 Å². The third-order valence-electron chi connectivity index (χ3n) is 6.31. The maximum atomic E-state index is 12.8. The number of hydrogen-bond donors (Lipinski definition) is 2. The van der Waals surface area contributed by atoms with Crippen LogP contribution in [0.4, 0.5) is 0 Å². The molecule has 3 rings (SSSR count). The summed E-state index contributed by atoms with van der Waals surface area (Å²) in [5, 5.41) is 5.18. The lowest BCUT2D eigenvalue weighted by Crippen LogP contribution is -2.44. The molecule has 2 heterocycles. The molecule has 1 aliphatic rings. The number of rotatable bonds is 11. The van der Waals surface area contributed by atoms with Gasteiger partial charge in [-0.15, -0.1) is 0 Å². The van der Waals surface area contributed by atoms with Crippen LogP contribution in [0.3, 0.4) is 0 Å². The third kappa shape index (κ3) is 6.77. The molecule has 1 saturated heterocycles. The van der Waals surface area contributed by atoms with Gasteiger partial charge in [0.2, 0.25) is 0 Å². The van der Waals surface area contributed by atoms with Gasteiger partial charge in [-0.05, 0) is 86.7 Å². The molecule has 0 bridgehead atoms. The first-order chi connectivity index (χ1) is 15.5. The SMILES string of the molecule is CCc1ccc2[nH]c(=O)c(CN(C[C@H]3CCCO3)C(=S)NCCCN(CC)CC)cc2c1. The Hall–Kier alpha value is -1.96. The molecule has 6 nitrogen and oxygen atoms in total. The zero-order valence-electron chi connectivity index (χ0n) is 19.8. The number of thiocarbonyl (C=S) groups is 1. The van der Waals surface area contributed by atoms with Crippen molar-refractivity contribution in [1.29, 1.82) is 0 Å². The minimum absolute atomic E-state index is 0.0524. The smallest absolute Gasteiger partial charge is 0.253 e. The van der Waals surface area contributed by atoms with E-state index in [0.717, 1.165) is 74.9 Å². The van der Waals surface area contributed by atoms with E-state index in [0.29, 0.717) is 18.2 Å². The summed E-state index contributed by atoms with van der Waals surface area (Å²) in [7, 11) is 0. The second kappa shape index (κ2) is 12.3. The number of hydrogen-bond acceptors (Lipinski definition) is 4. The number of fused-ring (bicyclic) bond motifs is 1. The standard InChI is InChI=1S/C25H38N4O2S/c1-4-19-10-11-23-20(15-19)16-21(24(30)27-23)17-29(18-22-9-7-14-31-22)25(32)26-12-8-13-28(5-2)6-3/h10-11,15-16,22H,4-9,12-14,17-18H2,1-3H3,(H,26,32)(H,27,30)/t22-/m1/s1. The van der Waals surface area contributed by atoms with Crippen LogP contribution in [0.25, 0.3) is 10.9 Å². The molecule has 32 heavy (non-hydrogen) atoms. The second-order valence-electron chi connectivity index (χ2n) is 8.53. The van der Waals surface area contributed by atoms with Gasteiger partial charge in [-0.1, -0.05) is 26.8 Å². The van der Waals surface area contributed by atoms with Gasteiger partial charge in [0, 0.05) is 30.8 Å². The van der Waals surface area contributed by atoms with Crippen molar-refractivity contribution in [2.75, 3.05) is 39.3 Å². The van der Waals surface area contributed by atoms with Gasteiger partial charge in [-0.25, -0.2) is 0 Å². The number of H-pyrrole nitrogens is 1. The van der Waals surface area contributed by atoms with Crippen molar-refractivity contribution < 1.29 is 4.74 Å². The van der Waals surface area contributed by atoms with Gasteiger partial charge in [0.15, 0.2) is 5.11 Å². The molecule has 0 spiro atoms. The highest BCUT2D eigenvalue weighted by atomic mass is 32.1. The maximum absolute atomic E-state index is 12.8. The molecule has 0 radical (unpaired) electrons. The molecule has 0 amide bonds. The minimum Gasteiger partial charge on any atom is -0.376 e. The topological polar surface area (TPSA) is 60.6 Å². The van der Waals surface area contributed by atoms with Crippen molar-refractivity contribution in [3.05, 3.63) is 45.7 Å². The normalized spacial score (nSPS) is 16.1. The molecule has 0 aliphatic carbocycles. The monoisotopic (exact) mass is 458 g/mol. The lowest BCUT2D eigenvalue weighted by atomic mass is 10.1. The van der Waals surface area contributed by atoms with E-state index in [2.05, 4.69) is 53.0 Å². The summed E-state index contributed by atoms with van der Waals surface area (Å²) < 4.78 is 5.87. The number of benzene rings is 1. The molecule has 1 fully saturated rings.